The molecule has 1 aromatic heterocycles. The number of hydrogen-bond acceptors (Lipinski definition) is 3. The Morgan fingerprint density at radius 2 is 2.17 bits per heavy atom. The van der Waals surface area contributed by atoms with Crippen molar-refractivity contribution in [2.75, 3.05) is 0 Å². The highest BCUT2D eigenvalue weighted by Crippen LogP contribution is 2.57. The minimum absolute atomic E-state index is 0.00802. The van der Waals surface area contributed by atoms with Crippen LogP contribution in [0.4, 0.5) is 0 Å². The number of aliphatic hydroxyl groups excluding tert-OH is 1. The van der Waals surface area contributed by atoms with Crippen LogP contribution >= 0.6 is 0 Å². The van der Waals surface area contributed by atoms with Gasteiger partial charge in [0.15, 0.2) is 0 Å². The standard InChI is InChI=1S/C21H30O3/c1-7-12(2)15(5)24-18-9-8-17-19(22)20-16(13(3)11-23-20)10-21(17,6)14(18)4/h7,11,14,17-19,22H,5,8-10H2,1-4,6H3/t14-,17+,18-,19+,21+/m0/s1. The quantitative estimate of drug-likeness (QED) is 0.619. The molecule has 1 heterocycles. The van der Waals surface area contributed by atoms with Gasteiger partial charge in [-0.25, -0.2) is 0 Å². The van der Waals surface area contributed by atoms with Crippen LogP contribution in [0, 0.1) is 24.2 Å². The molecule has 1 fully saturated rings. The maximum Gasteiger partial charge on any atom is 0.136 e. The second-order valence-electron chi connectivity index (χ2n) is 7.91. The molecule has 0 amide bonds. The van der Waals surface area contributed by atoms with Gasteiger partial charge in [0.05, 0.1) is 6.26 Å². The van der Waals surface area contributed by atoms with Crippen molar-refractivity contribution in [3.8, 4) is 0 Å². The molecule has 3 nitrogen and oxygen atoms in total. The number of fused-ring (bicyclic) bond motifs is 2. The Labute approximate surface area is 145 Å². The lowest BCUT2D eigenvalue weighted by molar-refractivity contribution is -0.112. The van der Waals surface area contributed by atoms with E-state index in [1.807, 2.05) is 19.9 Å². The lowest BCUT2D eigenvalue weighted by Gasteiger charge is -2.53. The zero-order valence-corrected chi connectivity index (χ0v) is 15.6. The predicted molar refractivity (Wildman–Crippen MR) is 95.5 cm³/mol. The second-order valence-corrected chi connectivity index (χ2v) is 7.91. The molecule has 2 aliphatic carbocycles. The first-order valence-corrected chi connectivity index (χ1v) is 9.03. The zero-order valence-electron chi connectivity index (χ0n) is 15.6. The molecule has 0 aliphatic heterocycles. The smallest absolute Gasteiger partial charge is 0.136 e. The number of aryl methyl sites for hydroxylation is 1. The van der Waals surface area contributed by atoms with E-state index in [1.165, 1.54) is 5.56 Å². The topological polar surface area (TPSA) is 42.6 Å². The first-order valence-electron chi connectivity index (χ1n) is 9.03. The molecule has 132 valence electrons. The van der Waals surface area contributed by atoms with E-state index in [0.717, 1.165) is 41.9 Å². The Kier molecular flexibility index (Phi) is 4.41. The molecule has 1 N–H and O–H groups in total. The van der Waals surface area contributed by atoms with Crippen LogP contribution in [0.1, 0.15) is 63.5 Å². The van der Waals surface area contributed by atoms with Crippen LogP contribution in [0.5, 0.6) is 0 Å². The summed E-state index contributed by atoms with van der Waals surface area (Å²) in [5, 5.41) is 10.9. The highest BCUT2D eigenvalue weighted by molar-refractivity contribution is 5.34. The molecule has 0 unspecified atom stereocenters. The van der Waals surface area contributed by atoms with E-state index in [-0.39, 0.29) is 17.4 Å². The van der Waals surface area contributed by atoms with Gasteiger partial charge >= 0.3 is 0 Å². The van der Waals surface area contributed by atoms with Crippen LogP contribution < -0.4 is 0 Å². The summed E-state index contributed by atoms with van der Waals surface area (Å²) in [6, 6.07) is 0. The van der Waals surface area contributed by atoms with E-state index < -0.39 is 6.10 Å². The average Bonchev–Trinajstić information content (AvgIpc) is 2.91. The van der Waals surface area contributed by atoms with Gasteiger partial charge in [0.2, 0.25) is 0 Å². The SMILES string of the molecule is C=C(O[C@H]1CC[C@@H]2[C@@H](O)c3occ(C)c3C[C@]2(C)[C@H]1C)C(C)=CC. The molecule has 0 radical (unpaired) electrons. The van der Waals surface area contributed by atoms with Crippen LogP contribution in [0.3, 0.4) is 0 Å². The van der Waals surface area contributed by atoms with E-state index in [1.54, 1.807) is 6.26 Å². The predicted octanol–water partition coefficient (Wildman–Crippen LogP) is 5.10. The number of ether oxygens (including phenoxy) is 1. The van der Waals surface area contributed by atoms with Gasteiger partial charge in [0, 0.05) is 0 Å². The van der Waals surface area contributed by atoms with E-state index in [4.69, 9.17) is 9.15 Å². The van der Waals surface area contributed by atoms with E-state index in [0.29, 0.717) is 5.92 Å². The Bertz CT molecular complexity index is 669. The van der Waals surface area contributed by atoms with Crippen molar-refractivity contribution < 1.29 is 14.3 Å². The van der Waals surface area contributed by atoms with Crippen molar-refractivity contribution in [3.05, 3.63) is 47.1 Å². The third kappa shape index (κ3) is 2.54. The van der Waals surface area contributed by atoms with Crippen LogP contribution in [-0.2, 0) is 11.2 Å². The maximum absolute atomic E-state index is 10.9. The third-order valence-corrected chi connectivity index (χ3v) is 6.72. The monoisotopic (exact) mass is 330 g/mol. The van der Waals surface area contributed by atoms with E-state index >= 15 is 0 Å². The molecule has 0 aromatic carbocycles. The normalized spacial score (nSPS) is 36.0. The average molecular weight is 330 g/mol. The van der Waals surface area contributed by atoms with Gasteiger partial charge < -0.3 is 14.3 Å². The van der Waals surface area contributed by atoms with Crippen LogP contribution in [0.25, 0.3) is 0 Å². The molecule has 0 saturated heterocycles. The van der Waals surface area contributed by atoms with Crippen molar-refractivity contribution in [1.29, 1.82) is 0 Å². The van der Waals surface area contributed by atoms with Crippen molar-refractivity contribution in [3.63, 3.8) is 0 Å². The fourth-order valence-corrected chi connectivity index (χ4v) is 4.62. The molecule has 3 rings (SSSR count). The van der Waals surface area contributed by atoms with E-state index in [2.05, 4.69) is 27.4 Å². The summed E-state index contributed by atoms with van der Waals surface area (Å²) < 4.78 is 11.9. The summed E-state index contributed by atoms with van der Waals surface area (Å²) >= 11 is 0. The summed E-state index contributed by atoms with van der Waals surface area (Å²) in [5.74, 6) is 2.12. The summed E-state index contributed by atoms with van der Waals surface area (Å²) in [5.41, 5.74) is 3.44. The highest BCUT2D eigenvalue weighted by atomic mass is 16.5. The van der Waals surface area contributed by atoms with E-state index in [9.17, 15) is 5.11 Å². The second kappa shape index (κ2) is 6.11. The molecule has 2 aliphatic rings. The number of hydrogen-bond donors (Lipinski definition) is 1. The molecular formula is C21H30O3. The van der Waals surface area contributed by atoms with Gasteiger partial charge in [-0.1, -0.05) is 26.5 Å². The van der Waals surface area contributed by atoms with Gasteiger partial charge in [-0.15, -0.1) is 0 Å². The number of aliphatic hydroxyl groups is 1. The Morgan fingerprint density at radius 1 is 1.46 bits per heavy atom. The summed E-state index contributed by atoms with van der Waals surface area (Å²) in [7, 11) is 0. The first-order chi connectivity index (χ1) is 11.3. The van der Waals surface area contributed by atoms with Crippen LogP contribution in [0.2, 0.25) is 0 Å². The van der Waals surface area contributed by atoms with Gasteiger partial charge in [0.1, 0.15) is 23.7 Å². The fraction of sp³-hybridized carbons (Fsp3) is 0.619. The maximum atomic E-state index is 10.9. The molecule has 3 heteroatoms. The van der Waals surface area contributed by atoms with Gasteiger partial charge in [-0.3, -0.25) is 0 Å². The largest absolute Gasteiger partial charge is 0.490 e. The highest BCUT2D eigenvalue weighted by Gasteiger charge is 2.54. The van der Waals surface area contributed by atoms with Gasteiger partial charge in [0.25, 0.3) is 0 Å². The van der Waals surface area contributed by atoms with Crippen LogP contribution in [0.15, 0.2) is 34.7 Å². The fourth-order valence-electron chi connectivity index (χ4n) is 4.62. The number of furan rings is 1. The molecular weight excluding hydrogens is 300 g/mol. The number of rotatable bonds is 3. The molecule has 0 bridgehead atoms. The lowest BCUT2D eigenvalue weighted by Crippen LogP contribution is -2.51. The summed E-state index contributed by atoms with van der Waals surface area (Å²) in [6.45, 7) is 14.8. The van der Waals surface area contributed by atoms with Gasteiger partial charge in [-0.2, -0.15) is 0 Å². The molecule has 1 saturated carbocycles. The Balaban J connectivity index is 1.87. The Hall–Kier alpha value is -1.48. The summed E-state index contributed by atoms with van der Waals surface area (Å²) in [6.07, 6.45) is 6.31. The van der Waals surface area contributed by atoms with Crippen molar-refractivity contribution in [1.82, 2.24) is 0 Å². The van der Waals surface area contributed by atoms with Crippen molar-refractivity contribution >= 4 is 0 Å². The number of allylic oxidation sites excluding steroid dienone is 2. The minimum atomic E-state index is -0.503. The first kappa shape index (κ1) is 17.3. The molecule has 5 atom stereocenters. The van der Waals surface area contributed by atoms with Gasteiger partial charge in [-0.05, 0) is 74.0 Å². The Morgan fingerprint density at radius 3 is 2.83 bits per heavy atom. The molecule has 24 heavy (non-hydrogen) atoms. The molecule has 0 spiro atoms. The third-order valence-electron chi connectivity index (χ3n) is 6.72. The minimum Gasteiger partial charge on any atom is -0.490 e. The lowest BCUT2D eigenvalue weighted by atomic mass is 9.54. The van der Waals surface area contributed by atoms with Crippen molar-refractivity contribution in [2.24, 2.45) is 17.3 Å². The van der Waals surface area contributed by atoms with Crippen molar-refractivity contribution in [2.45, 2.75) is 66.1 Å². The van der Waals surface area contributed by atoms with Crippen LogP contribution in [-0.4, -0.2) is 11.2 Å². The zero-order chi connectivity index (χ0) is 17.6. The molecule has 1 aromatic rings. The summed E-state index contributed by atoms with van der Waals surface area (Å²) in [4.78, 5) is 0.